The third kappa shape index (κ3) is 10.8. The first-order chi connectivity index (χ1) is 34.4. The first-order valence-corrected chi connectivity index (χ1v) is 25.8. The predicted molar refractivity (Wildman–Crippen MR) is 265 cm³/mol. The van der Waals surface area contributed by atoms with E-state index in [0.717, 1.165) is 59.1 Å². The van der Waals surface area contributed by atoms with Gasteiger partial charge in [0.25, 0.3) is 5.91 Å². The van der Waals surface area contributed by atoms with Gasteiger partial charge in [-0.1, -0.05) is 25.5 Å². The van der Waals surface area contributed by atoms with Crippen LogP contribution in [0.15, 0.2) is 89.5 Å². The van der Waals surface area contributed by atoms with E-state index in [1.54, 1.807) is 52.7 Å². The summed E-state index contributed by atoms with van der Waals surface area (Å²) in [6.07, 6.45) is 5.22. The Balaban J connectivity index is 1.11. The number of hydrogen-bond donors (Lipinski definition) is 1. The molecule has 6 atom stereocenters. The lowest BCUT2D eigenvalue weighted by Crippen LogP contribution is -2.48. The van der Waals surface area contributed by atoms with Gasteiger partial charge in [-0.15, -0.1) is 0 Å². The van der Waals surface area contributed by atoms with Crippen molar-refractivity contribution in [1.82, 2.24) is 14.1 Å². The normalized spacial score (nSPS) is 22.0. The van der Waals surface area contributed by atoms with Crippen LogP contribution in [0.2, 0.25) is 0 Å². The average molecular weight is 998 g/mol. The van der Waals surface area contributed by atoms with Crippen molar-refractivity contribution in [2.75, 3.05) is 88.6 Å². The number of sulfonamides is 1. The molecule has 71 heavy (non-hydrogen) atoms. The molecule has 4 aliphatic heterocycles. The molecule has 4 heterocycles. The molecule has 1 amide bonds. The Kier molecular flexibility index (Phi) is 16.5. The number of rotatable bonds is 19. The maximum atomic E-state index is 15.5. The minimum absolute atomic E-state index is 0.0425. The van der Waals surface area contributed by atoms with Crippen LogP contribution in [0.3, 0.4) is 0 Å². The van der Waals surface area contributed by atoms with E-state index in [0.29, 0.717) is 60.3 Å². The molecule has 0 radical (unpaired) electrons. The summed E-state index contributed by atoms with van der Waals surface area (Å²) >= 11 is 0. The fourth-order valence-electron chi connectivity index (χ4n) is 11.0. The second-order valence-corrected chi connectivity index (χ2v) is 20.4. The SMILES string of the molecule is CC[C@H]1CN2CCc3cc(OC)c(OC)cc3[C@@H]2C[C@@H]1C[C@@H]1c2cc(OC)c(OC)cc2CCN1C(=O)C1=C[C@H](c2ccc(C(=O)OC)cc2)C[C@H](OCCN(CCO)S(=O)(=O)c2ccc(OC)cc2)O1. The number of ether oxygens (including phenoxy) is 8. The number of hydrogen-bond acceptors (Lipinski definition) is 14. The largest absolute Gasteiger partial charge is 0.497 e. The maximum absolute atomic E-state index is 15.5. The van der Waals surface area contributed by atoms with Gasteiger partial charge in [-0.25, -0.2) is 13.2 Å². The molecule has 4 aromatic rings. The van der Waals surface area contributed by atoms with Crippen LogP contribution in [0.5, 0.6) is 28.7 Å². The van der Waals surface area contributed by atoms with Gasteiger partial charge in [0.15, 0.2) is 28.8 Å². The van der Waals surface area contributed by atoms with Crippen molar-refractivity contribution in [2.45, 2.75) is 74.6 Å². The van der Waals surface area contributed by atoms with Gasteiger partial charge in [-0.05, 0) is 132 Å². The molecule has 8 rings (SSSR count). The zero-order valence-electron chi connectivity index (χ0n) is 41.8. The number of piperidine rings is 1. The van der Waals surface area contributed by atoms with Gasteiger partial charge in [-0.2, -0.15) is 4.31 Å². The molecule has 4 aliphatic rings. The van der Waals surface area contributed by atoms with Crippen molar-refractivity contribution in [3.63, 3.8) is 0 Å². The topological polar surface area (TPSA) is 172 Å². The Labute approximate surface area is 417 Å². The Morgan fingerprint density at radius 2 is 1.39 bits per heavy atom. The molecule has 0 aromatic heterocycles. The second-order valence-electron chi connectivity index (χ2n) is 18.4. The first kappa shape index (κ1) is 51.5. The Morgan fingerprint density at radius 3 is 2.01 bits per heavy atom. The molecule has 16 nitrogen and oxygen atoms in total. The number of aliphatic hydroxyl groups excluding tert-OH is 1. The lowest BCUT2D eigenvalue weighted by Gasteiger charge is -2.49. The molecule has 1 N–H and O–H groups in total. The molecule has 4 aromatic carbocycles. The number of allylic oxidation sites excluding steroid dienone is 1. The van der Waals surface area contributed by atoms with Crippen LogP contribution in [0.4, 0.5) is 0 Å². The number of methoxy groups -OCH3 is 6. The number of carbonyl (C=O) groups excluding carboxylic acids is 2. The fourth-order valence-corrected chi connectivity index (χ4v) is 12.4. The van der Waals surface area contributed by atoms with Crippen molar-refractivity contribution in [3.8, 4) is 28.7 Å². The summed E-state index contributed by atoms with van der Waals surface area (Å²) in [5.74, 6) is 2.71. The lowest BCUT2D eigenvalue weighted by atomic mass is 9.72. The molecule has 17 heteroatoms. The Morgan fingerprint density at radius 1 is 0.761 bits per heavy atom. The summed E-state index contributed by atoms with van der Waals surface area (Å²) in [5, 5.41) is 9.93. The van der Waals surface area contributed by atoms with Gasteiger partial charge < -0.3 is 47.9 Å². The average Bonchev–Trinajstić information content (AvgIpc) is 3.41. The van der Waals surface area contributed by atoms with Gasteiger partial charge in [0, 0.05) is 51.1 Å². The van der Waals surface area contributed by atoms with Gasteiger partial charge in [-0.3, -0.25) is 9.69 Å². The molecule has 0 spiro atoms. The molecular formula is C54H67N3O13S. The quantitative estimate of drug-likeness (QED) is 0.0944. The van der Waals surface area contributed by atoms with Crippen LogP contribution < -0.4 is 23.7 Å². The standard InChI is InChI=1S/C54H67N3O13S/c1-8-34-33-55-19-17-37-27-47(64-3)49(66-5)31-43(37)45(55)25-39(34)26-46-44-32-50(67-6)48(65-4)28-38(44)18-20-57(46)53(59)51-29-40(35-9-11-36(12-10-35)54(60)68-7)30-52(70-51)69-24-22-56(21-23-58)71(61,62)42-15-13-41(63-2)14-16-42/h9-16,27-29,31-32,34,39-40,45-46,52,58H,8,17-26,30,33H2,1-7H3/t34-,39+,40-,45-,46+,52+/m0/s1. The van der Waals surface area contributed by atoms with Crippen molar-refractivity contribution in [3.05, 3.63) is 118 Å². The lowest BCUT2D eigenvalue weighted by molar-refractivity contribution is -0.155. The number of fused-ring (bicyclic) bond motifs is 4. The van der Waals surface area contributed by atoms with Crippen molar-refractivity contribution >= 4 is 21.9 Å². The first-order valence-electron chi connectivity index (χ1n) is 24.4. The molecule has 0 aliphatic carbocycles. The molecule has 382 valence electrons. The maximum Gasteiger partial charge on any atom is 0.337 e. The molecule has 1 fully saturated rings. The number of benzene rings is 4. The van der Waals surface area contributed by atoms with Crippen molar-refractivity contribution < 1.29 is 61.0 Å². The minimum atomic E-state index is -4.03. The van der Waals surface area contributed by atoms with Crippen LogP contribution in [-0.2, 0) is 41.9 Å². The van der Waals surface area contributed by atoms with Gasteiger partial charge >= 0.3 is 5.97 Å². The van der Waals surface area contributed by atoms with E-state index in [1.165, 1.54) is 37.5 Å². The van der Waals surface area contributed by atoms with E-state index in [4.69, 9.17) is 37.9 Å². The fraction of sp³-hybridized carbons (Fsp3) is 0.481. The summed E-state index contributed by atoms with van der Waals surface area (Å²) in [5.41, 5.74) is 5.81. The number of aliphatic hydroxyl groups is 1. The van der Waals surface area contributed by atoms with E-state index in [1.807, 2.05) is 35.2 Å². The van der Waals surface area contributed by atoms with Crippen molar-refractivity contribution in [2.24, 2.45) is 11.8 Å². The molecule has 0 bridgehead atoms. The number of amides is 1. The molecule has 0 unspecified atom stereocenters. The van der Waals surface area contributed by atoms with Crippen LogP contribution >= 0.6 is 0 Å². The molecule has 1 saturated heterocycles. The second kappa shape index (κ2) is 22.7. The monoisotopic (exact) mass is 997 g/mol. The number of nitrogens with zero attached hydrogens (tertiary/aromatic N) is 3. The van der Waals surface area contributed by atoms with Gasteiger partial charge in [0.1, 0.15) is 5.75 Å². The van der Waals surface area contributed by atoms with Crippen LogP contribution in [0, 0.1) is 11.8 Å². The Bertz CT molecular complexity index is 2660. The minimum Gasteiger partial charge on any atom is -0.497 e. The molecular weight excluding hydrogens is 931 g/mol. The van der Waals surface area contributed by atoms with E-state index < -0.39 is 28.9 Å². The highest BCUT2D eigenvalue weighted by atomic mass is 32.2. The van der Waals surface area contributed by atoms with Gasteiger partial charge in [0.2, 0.25) is 16.3 Å². The third-order valence-corrected chi connectivity index (χ3v) is 16.7. The molecule has 0 saturated carbocycles. The van der Waals surface area contributed by atoms with Crippen LogP contribution in [0.1, 0.15) is 88.8 Å². The summed E-state index contributed by atoms with van der Waals surface area (Å²) in [6.45, 7) is 3.78. The van der Waals surface area contributed by atoms with E-state index in [-0.39, 0.29) is 60.2 Å². The van der Waals surface area contributed by atoms with Crippen LogP contribution in [-0.4, -0.2) is 134 Å². The highest BCUT2D eigenvalue weighted by molar-refractivity contribution is 7.89. The zero-order valence-corrected chi connectivity index (χ0v) is 42.6. The summed E-state index contributed by atoms with van der Waals surface area (Å²) in [7, 11) is 5.39. The van der Waals surface area contributed by atoms with Crippen molar-refractivity contribution in [1.29, 1.82) is 0 Å². The van der Waals surface area contributed by atoms with E-state index in [2.05, 4.69) is 24.0 Å². The third-order valence-electron chi connectivity index (χ3n) is 14.8. The zero-order chi connectivity index (χ0) is 50.4. The number of carbonyl (C=O) groups is 2. The number of esters is 1. The van der Waals surface area contributed by atoms with E-state index in [9.17, 15) is 18.3 Å². The Hall–Kier alpha value is -5.85. The smallest absolute Gasteiger partial charge is 0.337 e. The van der Waals surface area contributed by atoms with Gasteiger partial charge in [0.05, 0.1) is 72.4 Å². The van der Waals surface area contributed by atoms with Crippen LogP contribution in [0.25, 0.3) is 0 Å². The highest BCUT2D eigenvalue weighted by Gasteiger charge is 2.44. The summed E-state index contributed by atoms with van der Waals surface area (Å²) in [6, 6.07) is 21.2. The summed E-state index contributed by atoms with van der Waals surface area (Å²) in [4.78, 5) is 32.5. The summed E-state index contributed by atoms with van der Waals surface area (Å²) < 4.78 is 74.9. The van der Waals surface area contributed by atoms with E-state index >= 15 is 4.79 Å². The predicted octanol–water partition coefficient (Wildman–Crippen LogP) is 7.09. The highest BCUT2D eigenvalue weighted by Crippen LogP contribution is 2.50.